The Morgan fingerprint density at radius 2 is 1.52 bits per heavy atom. The van der Waals surface area contributed by atoms with Gasteiger partial charge in [-0.1, -0.05) is 43.3 Å². The fourth-order valence-corrected chi connectivity index (χ4v) is 5.39. The molecule has 1 aliphatic rings. The normalized spacial score (nSPS) is 16.9. The Kier molecular flexibility index (Phi) is 6.57. The van der Waals surface area contributed by atoms with E-state index in [9.17, 15) is 13.2 Å². The Morgan fingerprint density at radius 1 is 0.963 bits per heavy atom. The summed E-state index contributed by atoms with van der Waals surface area (Å²) in [6, 6.07) is 18.5. The van der Waals surface area contributed by atoms with Crippen molar-refractivity contribution in [1.29, 1.82) is 0 Å². The number of hydrogen-bond acceptors (Lipinski definition) is 4. The van der Waals surface area contributed by atoms with Gasteiger partial charge in [0.1, 0.15) is 0 Å². The third-order valence-corrected chi connectivity index (χ3v) is 7.78. The molecule has 1 unspecified atom stereocenters. The second-order valence-electron chi connectivity index (χ2n) is 6.57. The zero-order chi connectivity index (χ0) is 19.3. The highest BCUT2D eigenvalue weighted by Crippen LogP contribution is 2.22. The highest BCUT2D eigenvalue weighted by Gasteiger charge is 2.31. The van der Waals surface area contributed by atoms with Crippen LogP contribution in [0.2, 0.25) is 0 Å². The molecule has 3 rings (SSSR count). The third-order valence-electron chi connectivity index (χ3n) is 4.60. The zero-order valence-corrected chi connectivity index (χ0v) is 17.0. The highest BCUT2D eigenvalue weighted by molar-refractivity contribution is 7.99. The molecule has 5 nitrogen and oxygen atoms in total. The number of sulfonamides is 1. The second kappa shape index (κ2) is 8.91. The van der Waals surface area contributed by atoms with E-state index in [0.29, 0.717) is 36.8 Å². The number of carbonyl (C=O) groups is 1. The summed E-state index contributed by atoms with van der Waals surface area (Å²) in [6.07, 6.45) is 0. The predicted molar refractivity (Wildman–Crippen MR) is 108 cm³/mol. The number of hydrogen-bond donors (Lipinski definition) is 0. The van der Waals surface area contributed by atoms with Crippen LogP contribution in [-0.2, 0) is 14.8 Å². The minimum atomic E-state index is -3.49. The molecule has 0 aromatic heterocycles. The monoisotopic (exact) mass is 404 g/mol. The number of piperazine rings is 1. The van der Waals surface area contributed by atoms with Gasteiger partial charge in [0.05, 0.1) is 4.90 Å². The predicted octanol–water partition coefficient (Wildman–Crippen LogP) is 2.95. The first-order valence-corrected chi connectivity index (χ1v) is 11.4. The molecule has 1 fully saturated rings. The van der Waals surface area contributed by atoms with Crippen molar-refractivity contribution >= 4 is 27.7 Å². The molecule has 7 heteroatoms. The first kappa shape index (κ1) is 19.9. The summed E-state index contributed by atoms with van der Waals surface area (Å²) >= 11 is 1.67. The molecule has 144 valence electrons. The van der Waals surface area contributed by atoms with Crippen molar-refractivity contribution in [2.75, 3.05) is 31.9 Å². The number of rotatable bonds is 6. The zero-order valence-electron chi connectivity index (χ0n) is 15.3. The van der Waals surface area contributed by atoms with Crippen molar-refractivity contribution in [3.05, 3.63) is 60.7 Å². The standard InChI is InChI=1S/C20H24N2O3S2/c1-17(16-26-18-8-4-2-5-9-18)20(23)21-12-14-22(15-13-21)27(24,25)19-10-6-3-7-11-19/h2-11,17H,12-16H2,1H3. The van der Waals surface area contributed by atoms with E-state index >= 15 is 0 Å². The van der Waals surface area contributed by atoms with Crippen LogP contribution in [0.3, 0.4) is 0 Å². The molecular formula is C20H24N2O3S2. The van der Waals surface area contributed by atoms with E-state index in [4.69, 9.17) is 0 Å². The van der Waals surface area contributed by atoms with Crippen LogP contribution in [0.25, 0.3) is 0 Å². The van der Waals surface area contributed by atoms with Crippen LogP contribution < -0.4 is 0 Å². The minimum absolute atomic E-state index is 0.0928. The average Bonchev–Trinajstić information content (AvgIpc) is 2.73. The van der Waals surface area contributed by atoms with Gasteiger partial charge in [0.15, 0.2) is 0 Å². The first-order valence-electron chi connectivity index (χ1n) is 9.00. The number of amides is 1. The Hall–Kier alpha value is -1.83. The lowest BCUT2D eigenvalue weighted by Crippen LogP contribution is -2.51. The van der Waals surface area contributed by atoms with Gasteiger partial charge in [-0.15, -0.1) is 11.8 Å². The lowest BCUT2D eigenvalue weighted by Gasteiger charge is -2.35. The van der Waals surface area contributed by atoms with E-state index in [0.717, 1.165) is 4.90 Å². The van der Waals surface area contributed by atoms with Crippen molar-refractivity contribution in [2.45, 2.75) is 16.7 Å². The van der Waals surface area contributed by atoms with E-state index in [1.807, 2.05) is 37.3 Å². The maximum Gasteiger partial charge on any atom is 0.243 e. The van der Waals surface area contributed by atoms with Gasteiger partial charge in [-0.3, -0.25) is 4.79 Å². The molecule has 0 aliphatic carbocycles. The smallest absolute Gasteiger partial charge is 0.243 e. The molecule has 27 heavy (non-hydrogen) atoms. The topological polar surface area (TPSA) is 57.7 Å². The van der Waals surface area contributed by atoms with Gasteiger partial charge in [-0.25, -0.2) is 8.42 Å². The summed E-state index contributed by atoms with van der Waals surface area (Å²) in [5.74, 6) is 0.702. The summed E-state index contributed by atoms with van der Waals surface area (Å²) in [7, 11) is -3.49. The molecule has 2 aromatic carbocycles. The lowest BCUT2D eigenvalue weighted by molar-refractivity contribution is -0.135. The molecular weight excluding hydrogens is 380 g/mol. The maximum atomic E-state index is 12.7. The average molecular weight is 405 g/mol. The van der Waals surface area contributed by atoms with Crippen molar-refractivity contribution in [1.82, 2.24) is 9.21 Å². The SMILES string of the molecule is CC(CSc1ccccc1)C(=O)N1CCN(S(=O)(=O)c2ccccc2)CC1. The summed E-state index contributed by atoms with van der Waals surface area (Å²) in [6.45, 7) is 3.48. The molecule has 1 amide bonds. The van der Waals surface area contributed by atoms with E-state index < -0.39 is 10.0 Å². The number of carbonyl (C=O) groups excluding carboxylic acids is 1. The summed E-state index contributed by atoms with van der Waals surface area (Å²) in [5, 5.41) is 0. The summed E-state index contributed by atoms with van der Waals surface area (Å²) < 4.78 is 26.8. The van der Waals surface area contributed by atoms with Gasteiger partial charge < -0.3 is 4.90 Å². The van der Waals surface area contributed by atoms with Gasteiger partial charge in [-0.05, 0) is 24.3 Å². The van der Waals surface area contributed by atoms with Crippen LogP contribution in [-0.4, -0.2) is 55.5 Å². The van der Waals surface area contributed by atoms with Crippen molar-refractivity contribution in [2.24, 2.45) is 5.92 Å². The maximum absolute atomic E-state index is 12.7. The van der Waals surface area contributed by atoms with Crippen molar-refractivity contribution in [3.63, 3.8) is 0 Å². The van der Waals surface area contributed by atoms with E-state index in [-0.39, 0.29) is 11.8 Å². The fraction of sp³-hybridized carbons (Fsp3) is 0.350. The molecule has 0 bridgehead atoms. The van der Waals surface area contributed by atoms with Crippen LogP contribution in [0.15, 0.2) is 70.5 Å². The van der Waals surface area contributed by atoms with Gasteiger partial charge in [0.25, 0.3) is 0 Å². The molecule has 0 N–H and O–H groups in total. The Balaban J connectivity index is 1.53. The highest BCUT2D eigenvalue weighted by atomic mass is 32.2. The second-order valence-corrected chi connectivity index (χ2v) is 9.60. The Bertz CT molecular complexity index is 849. The van der Waals surface area contributed by atoms with Crippen LogP contribution in [0, 0.1) is 5.92 Å². The van der Waals surface area contributed by atoms with E-state index in [1.165, 1.54) is 4.31 Å². The number of thioether (sulfide) groups is 1. The van der Waals surface area contributed by atoms with E-state index in [2.05, 4.69) is 0 Å². The molecule has 1 saturated heterocycles. The molecule has 0 radical (unpaired) electrons. The Morgan fingerprint density at radius 3 is 2.11 bits per heavy atom. The molecule has 0 spiro atoms. The summed E-state index contributed by atoms with van der Waals surface area (Å²) in [4.78, 5) is 15.9. The van der Waals surface area contributed by atoms with Crippen LogP contribution >= 0.6 is 11.8 Å². The lowest BCUT2D eigenvalue weighted by atomic mass is 10.1. The summed E-state index contributed by atoms with van der Waals surface area (Å²) in [5.41, 5.74) is 0. The third kappa shape index (κ3) is 4.91. The molecule has 0 saturated carbocycles. The van der Waals surface area contributed by atoms with Gasteiger partial charge >= 0.3 is 0 Å². The van der Waals surface area contributed by atoms with E-state index in [1.54, 1.807) is 47.0 Å². The van der Waals surface area contributed by atoms with Gasteiger partial charge in [0, 0.05) is 42.7 Å². The van der Waals surface area contributed by atoms with Crippen LogP contribution in [0.5, 0.6) is 0 Å². The van der Waals surface area contributed by atoms with Gasteiger partial charge in [0.2, 0.25) is 15.9 Å². The molecule has 1 atom stereocenters. The number of nitrogens with zero attached hydrogens (tertiary/aromatic N) is 2. The van der Waals surface area contributed by atoms with Crippen molar-refractivity contribution in [3.8, 4) is 0 Å². The largest absolute Gasteiger partial charge is 0.340 e. The first-order chi connectivity index (χ1) is 13.0. The quantitative estimate of drug-likeness (QED) is 0.695. The van der Waals surface area contributed by atoms with Gasteiger partial charge in [-0.2, -0.15) is 4.31 Å². The number of benzene rings is 2. The fourth-order valence-electron chi connectivity index (χ4n) is 3.01. The Labute approximate surface area is 165 Å². The van der Waals surface area contributed by atoms with Crippen molar-refractivity contribution < 1.29 is 13.2 Å². The molecule has 2 aromatic rings. The molecule has 1 heterocycles. The van der Waals surface area contributed by atoms with Crippen LogP contribution in [0.4, 0.5) is 0 Å². The van der Waals surface area contributed by atoms with Crippen LogP contribution in [0.1, 0.15) is 6.92 Å². The minimum Gasteiger partial charge on any atom is -0.340 e. The molecule has 1 aliphatic heterocycles.